The van der Waals surface area contributed by atoms with Crippen LogP contribution in [0.1, 0.15) is 25.0 Å². The maximum absolute atomic E-state index is 12.6. The normalized spacial score (nSPS) is 19.4. The fraction of sp³-hybridized carbons (Fsp3) is 0.450. The van der Waals surface area contributed by atoms with Crippen molar-refractivity contribution in [3.8, 4) is 11.5 Å². The zero-order chi connectivity index (χ0) is 21.3. The number of anilines is 2. The van der Waals surface area contributed by atoms with E-state index in [9.17, 15) is 18.3 Å². The van der Waals surface area contributed by atoms with E-state index in [1.54, 1.807) is 13.0 Å². The van der Waals surface area contributed by atoms with Crippen LogP contribution in [0.25, 0.3) is 22.6 Å². The van der Waals surface area contributed by atoms with Crippen molar-refractivity contribution in [3.63, 3.8) is 0 Å². The Labute approximate surface area is 170 Å². The summed E-state index contributed by atoms with van der Waals surface area (Å²) in [6.07, 6.45) is -1.94. The van der Waals surface area contributed by atoms with Crippen molar-refractivity contribution in [1.29, 1.82) is 0 Å². The van der Waals surface area contributed by atoms with Gasteiger partial charge in [0.25, 0.3) is 0 Å². The first kappa shape index (κ1) is 20.4. The van der Waals surface area contributed by atoms with Crippen LogP contribution in [0.3, 0.4) is 0 Å². The van der Waals surface area contributed by atoms with Gasteiger partial charge in [0, 0.05) is 12.6 Å². The summed E-state index contributed by atoms with van der Waals surface area (Å²) < 4.78 is 43.8. The van der Waals surface area contributed by atoms with Crippen molar-refractivity contribution < 1.29 is 22.7 Å². The maximum Gasteiger partial charge on any atom is 0.405 e. The molecule has 3 N–H and O–H groups in total. The third kappa shape index (κ3) is 4.48. The molecule has 0 bridgehead atoms. The molecule has 2 aromatic heterocycles. The largest absolute Gasteiger partial charge is 0.436 e. The van der Waals surface area contributed by atoms with Gasteiger partial charge >= 0.3 is 6.18 Å². The van der Waals surface area contributed by atoms with Gasteiger partial charge < -0.3 is 20.2 Å². The second kappa shape index (κ2) is 8.10. The van der Waals surface area contributed by atoms with Gasteiger partial charge in [-0.25, -0.2) is 9.97 Å². The number of para-hydroxylation sites is 2. The number of aryl methyl sites for hydroxylation is 1. The predicted molar refractivity (Wildman–Crippen MR) is 106 cm³/mol. The summed E-state index contributed by atoms with van der Waals surface area (Å²) in [6.45, 7) is 0.558. The van der Waals surface area contributed by atoms with Crippen LogP contribution in [0.15, 0.2) is 28.7 Å². The Kier molecular flexibility index (Phi) is 5.50. The van der Waals surface area contributed by atoms with Crippen LogP contribution in [0.2, 0.25) is 0 Å². The van der Waals surface area contributed by atoms with Crippen LogP contribution in [0.4, 0.5) is 24.9 Å². The number of aliphatic hydroxyl groups is 1. The van der Waals surface area contributed by atoms with E-state index in [1.807, 2.05) is 18.2 Å². The molecule has 160 valence electrons. The summed E-state index contributed by atoms with van der Waals surface area (Å²) in [5.41, 5.74) is 2.22. The highest BCUT2D eigenvalue weighted by atomic mass is 19.4. The third-order valence-electron chi connectivity index (χ3n) is 5.18. The number of nitrogens with one attached hydrogen (secondary N) is 2. The molecule has 2 heterocycles. The predicted octanol–water partition coefficient (Wildman–Crippen LogP) is 4.14. The summed E-state index contributed by atoms with van der Waals surface area (Å²) in [6, 6.07) is 7.31. The molecule has 10 heteroatoms. The number of benzene rings is 1. The lowest BCUT2D eigenvalue weighted by Gasteiger charge is -2.18. The number of alkyl halides is 3. The molecule has 1 aromatic carbocycles. The van der Waals surface area contributed by atoms with Gasteiger partial charge in [0.2, 0.25) is 11.8 Å². The highest BCUT2D eigenvalue weighted by Gasteiger charge is 2.29. The van der Waals surface area contributed by atoms with Crippen molar-refractivity contribution in [2.24, 2.45) is 5.92 Å². The molecule has 2 unspecified atom stereocenters. The highest BCUT2D eigenvalue weighted by molar-refractivity contribution is 5.80. The molecule has 1 saturated carbocycles. The molecule has 4 rings (SSSR count). The first-order valence-corrected chi connectivity index (χ1v) is 9.75. The Morgan fingerprint density at radius 1 is 1.17 bits per heavy atom. The Balaban J connectivity index is 1.71. The van der Waals surface area contributed by atoms with Crippen LogP contribution in [0, 0.1) is 12.8 Å². The van der Waals surface area contributed by atoms with Crippen LogP contribution < -0.4 is 10.6 Å². The monoisotopic (exact) mass is 421 g/mol. The van der Waals surface area contributed by atoms with Gasteiger partial charge in [-0.3, -0.25) is 0 Å². The van der Waals surface area contributed by atoms with E-state index in [0.29, 0.717) is 34.1 Å². The average Bonchev–Trinajstić information content (AvgIpc) is 3.32. The first-order chi connectivity index (χ1) is 14.3. The Bertz CT molecular complexity index is 1000. The van der Waals surface area contributed by atoms with Gasteiger partial charge in [0.15, 0.2) is 5.58 Å². The smallest absolute Gasteiger partial charge is 0.405 e. The fourth-order valence-electron chi connectivity index (χ4n) is 3.74. The molecule has 0 amide bonds. The van der Waals surface area contributed by atoms with Crippen molar-refractivity contribution in [1.82, 2.24) is 15.0 Å². The number of fused-ring (bicyclic) bond motifs is 1. The topological polar surface area (TPSA) is 96.1 Å². The summed E-state index contributed by atoms with van der Waals surface area (Å²) in [5.74, 6) is 0.738. The van der Waals surface area contributed by atoms with Crippen LogP contribution in [-0.4, -0.2) is 45.4 Å². The highest BCUT2D eigenvalue weighted by Crippen LogP contribution is 2.35. The molecule has 3 aromatic rings. The van der Waals surface area contributed by atoms with E-state index in [1.165, 1.54) is 0 Å². The summed E-state index contributed by atoms with van der Waals surface area (Å²) in [7, 11) is 0. The number of halogens is 3. The van der Waals surface area contributed by atoms with Gasteiger partial charge in [-0.1, -0.05) is 12.1 Å². The van der Waals surface area contributed by atoms with Crippen molar-refractivity contribution in [3.05, 3.63) is 30.0 Å². The molecule has 0 saturated heterocycles. The van der Waals surface area contributed by atoms with Gasteiger partial charge in [0.05, 0.1) is 5.69 Å². The van der Waals surface area contributed by atoms with Gasteiger partial charge in [-0.2, -0.15) is 18.2 Å². The number of hydrogen-bond donors (Lipinski definition) is 3. The molecule has 7 nitrogen and oxygen atoms in total. The molecule has 0 spiro atoms. The summed E-state index contributed by atoms with van der Waals surface area (Å²) >= 11 is 0. The molecule has 0 radical (unpaired) electrons. The molecule has 1 aliphatic carbocycles. The minimum atomic E-state index is -4.39. The van der Waals surface area contributed by atoms with Crippen molar-refractivity contribution in [2.75, 3.05) is 23.8 Å². The molecule has 30 heavy (non-hydrogen) atoms. The molecule has 2 atom stereocenters. The number of aliphatic hydroxyl groups excluding tert-OH is 1. The Hall–Kier alpha value is -2.88. The third-order valence-corrected chi connectivity index (χ3v) is 5.18. The Morgan fingerprint density at radius 3 is 2.67 bits per heavy atom. The zero-order valence-corrected chi connectivity index (χ0v) is 16.3. The van der Waals surface area contributed by atoms with E-state index < -0.39 is 12.7 Å². The minimum Gasteiger partial charge on any atom is -0.436 e. The second-order valence-corrected chi connectivity index (χ2v) is 7.51. The van der Waals surface area contributed by atoms with Crippen LogP contribution >= 0.6 is 0 Å². The lowest BCUT2D eigenvalue weighted by Crippen LogP contribution is -2.24. The SMILES string of the molecule is Cc1nc(NCC(F)(F)F)nc(NC2CCC(CO)C2)c1-c1nc2ccccc2o1. The maximum atomic E-state index is 12.6. The van der Waals surface area contributed by atoms with E-state index in [4.69, 9.17) is 4.42 Å². The van der Waals surface area contributed by atoms with Gasteiger partial charge in [-0.15, -0.1) is 0 Å². The van der Waals surface area contributed by atoms with E-state index in [-0.39, 0.29) is 24.5 Å². The number of hydrogen-bond acceptors (Lipinski definition) is 7. The van der Waals surface area contributed by atoms with Crippen LogP contribution in [0.5, 0.6) is 0 Å². The first-order valence-electron chi connectivity index (χ1n) is 9.75. The lowest BCUT2D eigenvalue weighted by atomic mass is 10.1. The number of nitrogens with zero attached hydrogens (tertiary/aromatic N) is 3. The summed E-state index contributed by atoms with van der Waals surface area (Å²) in [5, 5.41) is 15.0. The van der Waals surface area contributed by atoms with E-state index in [2.05, 4.69) is 25.6 Å². The standard InChI is InChI=1S/C20H22F3N5O2/c1-11-16(18-27-14-4-2-3-5-15(14)30-18)17(26-13-7-6-12(8-13)9-29)28-19(25-11)24-10-20(21,22)23/h2-5,12-13,29H,6-10H2,1H3,(H2,24,25,26,28). The van der Waals surface area contributed by atoms with Crippen molar-refractivity contribution >= 4 is 22.9 Å². The fourth-order valence-corrected chi connectivity index (χ4v) is 3.74. The quantitative estimate of drug-likeness (QED) is 0.550. The van der Waals surface area contributed by atoms with E-state index >= 15 is 0 Å². The molecule has 1 fully saturated rings. The molecule has 1 aliphatic rings. The number of oxazole rings is 1. The van der Waals surface area contributed by atoms with Gasteiger partial charge in [0.1, 0.15) is 23.4 Å². The Morgan fingerprint density at radius 2 is 1.97 bits per heavy atom. The lowest BCUT2D eigenvalue weighted by molar-refractivity contribution is -0.115. The van der Waals surface area contributed by atoms with Crippen molar-refractivity contribution in [2.45, 2.75) is 38.4 Å². The second-order valence-electron chi connectivity index (χ2n) is 7.51. The van der Waals surface area contributed by atoms with Crippen LogP contribution in [-0.2, 0) is 0 Å². The zero-order valence-electron chi connectivity index (χ0n) is 16.3. The summed E-state index contributed by atoms with van der Waals surface area (Å²) in [4.78, 5) is 13.0. The number of rotatable bonds is 6. The average molecular weight is 421 g/mol. The number of aromatic nitrogens is 3. The minimum absolute atomic E-state index is 0.0371. The van der Waals surface area contributed by atoms with Gasteiger partial charge in [-0.05, 0) is 44.2 Å². The molecular weight excluding hydrogens is 399 g/mol. The molecule has 0 aliphatic heterocycles. The van der Waals surface area contributed by atoms with E-state index in [0.717, 1.165) is 19.3 Å². The molecular formula is C20H22F3N5O2.